The zero-order chi connectivity index (χ0) is 19.5. The molecule has 1 atom stereocenters. The lowest BCUT2D eigenvalue weighted by Gasteiger charge is -2.35. The van der Waals surface area contributed by atoms with Gasteiger partial charge in [-0.1, -0.05) is 30.2 Å². The number of nitrogens with one attached hydrogen (secondary N) is 1. The molecule has 3 aromatic rings. The molecule has 1 aromatic carbocycles. The van der Waals surface area contributed by atoms with Crippen LogP contribution in [0.2, 0.25) is 5.02 Å². The molecular weight excluding hydrogens is 374 g/mol. The molecule has 0 radical (unpaired) electrons. The van der Waals surface area contributed by atoms with Crippen LogP contribution in [0.5, 0.6) is 0 Å². The van der Waals surface area contributed by atoms with Crippen molar-refractivity contribution in [3.63, 3.8) is 0 Å². The number of carbonyl (C=O) groups is 1. The van der Waals surface area contributed by atoms with Crippen molar-refractivity contribution in [1.29, 1.82) is 0 Å². The highest BCUT2D eigenvalue weighted by molar-refractivity contribution is 6.30. The van der Waals surface area contributed by atoms with Crippen molar-refractivity contribution in [3.8, 4) is 0 Å². The molecule has 0 aliphatic carbocycles. The topological polar surface area (TPSA) is 63.1 Å². The van der Waals surface area contributed by atoms with Gasteiger partial charge in [0.05, 0.1) is 23.3 Å². The molecule has 7 heteroatoms. The Morgan fingerprint density at radius 2 is 1.93 bits per heavy atom. The van der Waals surface area contributed by atoms with Gasteiger partial charge in [0.15, 0.2) is 0 Å². The van der Waals surface area contributed by atoms with E-state index in [4.69, 9.17) is 11.6 Å². The van der Waals surface area contributed by atoms with Crippen molar-refractivity contribution in [1.82, 2.24) is 25.0 Å². The second-order valence-electron chi connectivity index (χ2n) is 7.27. The van der Waals surface area contributed by atoms with Gasteiger partial charge in [0, 0.05) is 24.8 Å². The first-order valence-electron chi connectivity index (χ1n) is 9.67. The number of halogens is 1. The Balaban J connectivity index is 1.51. The van der Waals surface area contributed by atoms with E-state index >= 15 is 0 Å². The number of piperidine rings is 1. The van der Waals surface area contributed by atoms with Crippen LogP contribution < -0.4 is 5.32 Å². The highest BCUT2D eigenvalue weighted by atomic mass is 35.5. The summed E-state index contributed by atoms with van der Waals surface area (Å²) in [7, 11) is 1.85. The predicted molar refractivity (Wildman–Crippen MR) is 110 cm³/mol. The van der Waals surface area contributed by atoms with E-state index in [-0.39, 0.29) is 11.9 Å². The van der Waals surface area contributed by atoms with E-state index in [2.05, 4.69) is 32.4 Å². The molecule has 1 N–H and O–H groups in total. The predicted octanol–water partition coefficient (Wildman–Crippen LogP) is 3.58. The lowest BCUT2D eigenvalue weighted by molar-refractivity contribution is 0.0924. The molecule has 1 unspecified atom stereocenters. The fourth-order valence-electron chi connectivity index (χ4n) is 3.81. The van der Waals surface area contributed by atoms with Crippen LogP contribution in [0.3, 0.4) is 0 Å². The third-order valence-electron chi connectivity index (χ3n) is 5.40. The van der Waals surface area contributed by atoms with Gasteiger partial charge in [-0.25, -0.2) is 0 Å². The number of nitrogens with zero attached hydrogens (tertiary/aromatic N) is 4. The SMILES string of the molecule is Cn1ncc2ncc(C(=O)NCC(c3ccc(Cl)cc3)N3CCCCC3)cc21. The Morgan fingerprint density at radius 3 is 2.68 bits per heavy atom. The maximum Gasteiger partial charge on any atom is 0.252 e. The van der Waals surface area contributed by atoms with Gasteiger partial charge in [-0.2, -0.15) is 5.10 Å². The number of benzene rings is 1. The van der Waals surface area contributed by atoms with E-state index in [0.717, 1.165) is 29.1 Å². The number of pyridine rings is 1. The molecule has 1 amide bonds. The highest BCUT2D eigenvalue weighted by Crippen LogP contribution is 2.25. The molecule has 4 rings (SSSR count). The van der Waals surface area contributed by atoms with Crippen LogP contribution in [0.1, 0.15) is 41.2 Å². The summed E-state index contributed by atoms with van der Waals surface area (Å²) in [6, 6.07) is 9.90. The normalized spacial score (nSPS) is 16.2. The van der Waals surface area contributed by atoms with Gasteiger partial charge >= 0.3 is 0 Å². The van der Waals surface area contributed by atoms with Crippen molar-refractivity contribution in [3.05, 3.63) is 58.9 Å². The Kier molecular flexibility index (Phi) is 5.59. The number of fused-ring (bicyclic) bond motifs is 1. The maximum absolute atomic E-state index is 12.8. The Bertz CT molecular complexity index is 963. The Labute approximate surface area is 169 Å². The summed E-state index contributed by atoms with van der Waals surface area (Å²) in [6.07, 6.45) is 6.96. The van der Waals surface area contributed by atoms with Gasteiger partial charge in [0.2, 0.25) is 0 Å². The Morgan fingerprint density at radius 1 is 1.18 bits per heavy atom. The van der Waals surface area contributed by atoms with Crippen molar-refractivity contribution in [2.75, 3.05) is 19.6 Å². The number of likely N-dealkylation sites (tertiary alicyclic amines) is 1. The van der Waals surface area contributed by atoms with Crippen LogP contribution >= 0.6 is 11.6 Å². The highest BCUT2D eigenvalue weighted by Gasteiger charge is 2.23. The van der Waals surface area contributed by atoms with Crippen LogP contribution in [-0.2, 0) is 7.05 Å². The summed E-state index contributed by atoms with van der Waals surface area (Å²) in [5, 5.41) is 8.01. The van der Waals surface area contributed by atoms with Crippen LogP contribution in [0.15, 0.2) is 42.7 Å². The third kappa shape index (κ3) is 4.03. The van der Waals surface area contributed by atoms with E-state index < -0.39 is 0 Å². The van der Waals surface area contributed by atoms with Crippen LogP contribution in [-0.4, -0.2) is 45.2 Å². The molecular formula is C21H24ClN5O. The van der Waals surface area contributed by atoms with Crippen molar-refractivity contribution < 1.29 is 4.79 Å². The summed E-state index contributed by atoms with van der Waals surface area (Å²) in [4.78, 5) is 19.6. The van der Waals surface area contributed by atoms with E-state index in [1.807, 2.05) is 25.2 Å². The number of amides is 1. The van der Waals surface area contributed by atoms with Crippen molar-refractivity contribution in [2.24, 2.45) is 7.05 Å². The smallest absolute Gasteiger partial charge is 0.252 e. The second-order valence-corrected chi connectivity index (χ2v) is 7.71. The van der Waals surface area contributed by atoms with Crippen LogP contribution in [0, 0.1) is 0 Å². The molecule has 1 aliphatic heterocycles. The molecule has 1 saturated heterocycles. The molecule has 0 saturated carbocycles. The number of rotatable bonds is 5. The molecule has 2 aromatic heterocycles. The monoisotopic (exact) mass is 397 g/mol. The van der Waals surface area contributed by atoms with Crippen molar-refractivity contribution in [2.45, 2.75) is 25.3 Å². The average molecular weight is 398 g/mol. The first kappa shape index (κ1) is 18.9. The lowest BCUT2D eigenvalue weighted by Crippen LogP contribution is -2.40. The molecule has 146 valence electrons. The molecule has 0 spiro atoms. The molecule has 6 nitrogen and oxygen atoms in total. The molecule has 1 fully saturated rings. The summed E-state index contributed by atoms with van der Waals surface area (Å²) >= 11 is 6.06. The summed E-state index contributed by atoms with van der Waals surface area (Å²) in [5.74, 6) is -0.119. The van der Waals surface area contributed by atoms with Gasteiger partial charge in [-0.15, -0.1) is 0 Å². The van der Waals surface area contributed by atoms with E-state index in [9.17, 15) is 4.79 Å². The van der Waals surface area contributed by atoms with Gasteiger partial charge in [0.25, 0.3) is 5.91 Å². The fraction of sp³-hybridized carbons (Fsp3) is 0.381. The minimum Gasteiger partial charge on any atom is -0.350 e. The number of hydrogen-bond acceptors (Lipinski definition) is 4. The molecule has 28 heavy (non-hydrogen) atoms. The zero-order valence-corrected chi connectivity index (χ0v) is 16.7. The molecule has 0 bridgehead atoms. The Hall–Kier alpha value is -2.44. The van der Waals surface area contributed by atoms with Crippen LogP contribution in [0.25, 0.3) is 11.0 Å². The van der Waals surface area contributed by atoms with E-state index in [1.165, 1.54) is 24.8 Å². The minimum absolute atomic E-state index is 0.119. The van der Waals surface area contributed by atoms with E-state index in [1.54, 1.807) is 17.1 Å². The molecule has 1 aliphatic rings. The first-order chi connectivity index (χ1) is 13.6. The average Bonchev–Trinajstić information content (AvgIpc) is 3.10. The maximum atomic E-state index is 12.8. The van der Waals surface area contributed by atoms with E-state index in [0.29, 0.717) is 12.1 Å². The first-order valence-corrected chi connectivity index (χ1v) is 10.0. The summed E-state index contributed by atoms with van der Waals surface area (Å²) < 4.78 is 1.73. The second kappa shape index (κ2) is 8.29. The molecule has 3 heterocycles. The standard InChI is InChI=1S/C21H24ClN5O/c1-26-19-11-16(12-23-18(19)13-25-26)21(28)24-14-20(27-9-3-2-4-10-27)15-5-7-17(22)8-6-15/h5-8,11-13,20H,2-4,9-10,14H2,1H3,(H,24,28). The zero-order valence-electron chi connectivity index (χ0n) is 15.9. The van der Waals surface area contributed by atoms with Gasteiger partial charge in [-0.3, -0.25) is 19.4 Å². The largest absolute Gasteiger partial charge is 0.350 e. The van der Waals surface area contributed by atoms with Gasteiger partial charge in [0.1, 0.15) is 5.52 Å². The van der Waals surface area contributed by atoms with Crippen molar-refractivity contribution >= 4 is 28.5 Å². The number of hydrogen-bond donors (Lipinski definition) is 1. The number of aromatic nitrogens is 3. The summed E-state index contributed by atoms with van der Waals surface area (Å²) in [5.41, 5.74) is 3.35. The third-order valence-corrected chi connectivity index (χ3v) is 5.66. The van der Waals surface area contributed by atoms with Gasteiger partial charge < -0.3 is 5.32 Å². The number of aryl methyl sites for hydroxylation is 1. The quantitative estimate of drug-likeness (QED) is 0.714. The number of carbonyl (C=O) groups excluding carboxylic acids is 1. The fourth-order valence-corrected chi connectivity index (χ4v) is 3.94. The minimum atomic E-state index is -0.119. The van der Waals surface area contributed by atoms with Crippen LogP contribution in [0.4, 0.5) is 0 Å². The lowest BCUT2D eigenvalue weighted by atomic mass is 10.0. The summed E-state index contributed by atoms with van der Waals surface area (Å²) in [6.45, 7) is 2.64. The van der Waals surface area contributed by atoms with Gasteiger partial charge in [-0.05, 0) is 49.7 Å².